The Balaban J connectivity index is 1.99. The fourth-order valence-corrected chi connectivity index (χ4v) is 2.73. The number of amides is 1. The number of carbonyl (C=O) groups excluding carboxylic acids is 1. The molecular weight excluding hydrogens is 278 g/mol. The highest BCUT2D eigenvalue weighted by molar-refractivity contribution is 9.10. The third-order valence-corrected chi connectivity index (χ3v) is 3.97. The Labute approximate surface area is 111 Å². The average Bonchev–Trinajstić information content (AvgIpc) is 2.80. The number of benzene rings is 1. The van der Waals surface area contributed by atoms with Crippen LogP contribution >= 0.6 is 15.9 Å². The van der Waals surface area contributed by atoms with E-state index in [-0.39, 0.29) is 5.91 Å². The zero-order valence-electron chi connectivity index (χ0n) is 10.2. The molecule has 1 aromatic rings. The van der Waals surface area contributed by atoms with E-state index < -0.39 is 0 Å². The minimum Gasteiger partial charge on any atom is -0.339 e. The topological polar surface area (TPSA) is 20.3 Å². The molecule has 0 saturated carbocycles. The van der Waals surface area contributed by atoms with Gasteiger partial charge in [0, 0.05) is 17.1 Å². The third kappa shape index (κ3) is 3.09. The third-order valence-electron chi connectivity index (χ3n) is 3.44. The first-order valence-electron chi connectivity index (χ1n) is 6.24. The number of hydrogen-bond donors (Lipinski definition) is 0. The average molecular weight is 296 g/mol. The highest BCUT2D eigenvalue weighted by Crippen LogP contribution is 2.21. The highest BCUT2D eigenvalue weighted by Gasteiger charge is 2.26. The lowest BCUT2D eigenvalue weighted by Crippen LogP contribution is -2.36. The van der Waals surface area contributed by atoms with Crippen molar-refractivity contribution in [3.05, 3.63) is 34.3 Å². The molecule has 1 unspecified atom stereocenters. The summed E-state index contributed by atoms with van der Waals surface area (Å²) in [4.78, 5) is 14.2. The molecule has 17 heavy (non-hydrogen) atoms. The fraction of sp³-hybridized carbons (Fsp3) is 0.500. The second-order valence-corrected chi connectivity index (χ2v) is 5.51. The van der Waals surface area contributed by atoms with E-state index in [1.165, 1.54) is 6.42 Å². The van der Waals surface area contributed by atoms with Gasteiger partial charge >= 0.3 is 0 Å². The number of carbonyl (C=O) groups is 1. The molecule has 0 aliphatic carbocycles. The lowest BCUT2D eigenvalue weighted by molar-refractivity contribution is -0.131. The zero-order valence-corrected chi connectivity index (χ0v) is 11.7. The van der Waals surface area contributed by atoms with Crippen molar-refractivity contribution in [1.82, 2.24) is 4.90 Å². The second kappa shape index (κ2) is 5.67. The number of likely N-dealkylation sites (tertiary alicyclic amines) is 1. The number of hydrogen-bond acceptors (Lipinski definition) is 1. The molecule has 92 valence electrons. The van der Waals surface area contributed by atoms with Gasteiger partial charge in [-0.05, 0) is 37.0 Å². The Morgan fingerprint density at radius 2 is 2.12 bits per heavy atom. The van der Waals surface area contributed by atoms with E-state index in [0.717, 1.165) is 29.4 Å². The molecule has 0 bridgehead atoms. The normalized spacial score (nSPS) is 19.6. The first kappa shape index (κ1) is 12.6. The van der Waals surface area contributed by atoms with Gasteiger partial charge in [0.15, 0.2) is 0 Å². The lowest BCUT2D eigenvalue weighted by atomic mass is 10.1. The molecule has 0 radical (unpaired) electrons. The Morgan fingerprint density at radius 3 is 2.76 bits per heavy atom. The van der Waals surface area contributed by atoms with Crippen LogP contribution in [0.15, 0.2) is 28.7 Å². The first-order chi connectivity index (χ1) is 8.20. The maximum atomic E-state index is 12.2. The fourth-order valence-electron chi connectivity index (χ4n) is 2.47. The maximum Gasteiger partial charge on any atom is 0.227 e. The molecule has 0 spiro atoms. The predicted octanol–water partition coefficient (Wildman–Crippen LogP) is 3.39. The van der Waals surface area contributed by atoms with Crippen LogP contribution in [0.3, 0.4) is 0 Å². The second-order valence-electron chi connectivity index (χ2n) is 4.59. The predicted molar refractivity (Wildman–Crippen MR) is 72.9 cm³/mol. The molecule has 1 aliphatic heterocycles. The molecule has 1 aromatic carbocycles. The van der Waals surface area contributed by atoms with Crippen LogP contribution in [0.4, 0.5) is 0 Å². The van der Waals surface area contributed by atoms with Crippen LogP contribution in [-0.4, -0.2) is 23.4 Å². The molecule has 1 amide bonds. The van der Waals surface area contributed by atoms with Crippen molar-refractivity contribution in [2.45, 2.75) is 38.6 Å². The van der Waals surface area contributed by atoms with Gasteiger partial charge in [0.05, 0.1) is 6.42 Å². The summed E-state index contributed by atoms with van der Waals surface area (Å²) < 4.78 is 1.06. The molecule has 0 N–H and O–H groups in total. The van der Waals surface area contributed by atoms with Gasteiger partial charge in [0.2, 0.25) is 5.91 Å². The van der Waals surface area contributed by atoms with E-state index in [0.29, 0.717) is 12.5 Å². The summed E-state index contributed by atoms with van der Waals surface area (Å²) in [6.07, 6.45) is 3.93. The monoisotopic (exact) mass is 295 g/mol. The van der Waals surface area contributed by atoms with Crippen LogP contribution < -0.4 is 0 Å². The minimum absolute atomic E-state index is 0.275. The highest BCUT2D eigenvalue weighted by atomic mass is 79.9. The van der Waals surface area contributed by atoms with Gasteiger partial charge in [0.25, 0.3) is 0 Å². The zero-order chi connectivity index (χ0) is 12.3. The van der Waals surface area contributed by atoms with Crippen LogP contribution in [0.25, 0.3) is 0 Å². The van der Waals surface area contributed by atoms with E-state index in [1.54, 1.807) is 0 Å². The summed E-state index contributed by atoms with van der Waals surface area (Å²) in [6.45, 7) is 3.10. The van der Waals surface area contributed by atoms with Crippen LogP contribution in [0, 0.1) is 0 Å². The summed E-state index contributed by atoms with van der Waals surface area (Å²) in [6, 6.07) is 8.48. The molecule has 2 rings (SSSR count). The van der Waals surface area contributed by atoms with Crippen LogP contribution in [-0.2, 0) is 11.2 Å². The summed E-state index contributed by atoms with van der Waals surface area (Å²) in [7, 11) is 0. The Kier molecular flexibility index (Phi) is 4.21. The van der Waals surface area contributed by atoms with Crippen molar-refractivity contribution in [3.63, 3.8) is 0 Å². The van der Waals surface area contributed by atoms with E-state index in [2.05, 4.69) is 27.8 Å². The van der Waals surface area contributed by atoms with Gasteiger partial charge in [-0.1, -0.05) is 35.0 Å². The quantitative estimate of drug-likeness (QED) is 0.837. The van der Waals surface area contributed by atoms with Crippen LogP contribution in [0.2, 0.25) is 0 Å². The van der Waals surface area contributed by atoms with Crippen molar-refractivity contribution < 1.29 is 4.79 Å². The molecule has 0 aromatic heterocycles. The summed E-state index contributed by atoms with van der Waals surface area (Å²) in [5.74, 6) is 0.275. The number of halogens is 1. The van der Waals surface area contributed by atoms with Crippen molar-refractivity contribution in [2.24, 2.45) is 0 Å². The van der Waals surface area contributed by atoms with Crippen LogP contribution in [0.1, 0.15) is 31.7 Å². The molecule has 3 heteroatoms. The number of rotatable bonds is 3. The van der Waals surface area contributed by atoms with Gasteiger partial charge in [-0.3, -0.25) is 4.79 Å². The van der Waals surface area contributed by atoms with E-state index in [4.69, 9.17) is 0 Å². The number of nitrogens with zero attached hydrogens (tertiary/aromatic N) is 1. The van der Waals surface area contributed by atoms with Gasteiger partial charge < -0.3 is 4.90 Å². The van der Waals surface area contributed by atoms with Crippen LogP contribution in [0.5, 0.6) is 0 Å². The Hall–Kier alpha value is -0.830. The summed E-state index contributed by atoms with van der Waals surface area (Å²) in [5, 5.41) is 0. The largest absolute Gasteiger partial charge is 0.339 e. The Morgan fingerprint density at radius 1 is 1.41 bits per heavy atom. The van der Waals surface area contributed by atoms with E-state index in [9.17, 15) is 4.79 Å². The van der Waals surface area contributed by atoms with Crippen molar-refractivity contribution in [2.75, 3.05) is 6.54 Å². The van der Waals surface area contributed by atoms with Gasteiger partial charge in [-0.15, -0.1) is 0 Å². The molecule has 1 atom stereocenters. The minimum atomic E-state index is 0.275. The smallest absolute Gasteiger partial charge is 0.227 e. The van der Waals surface area contributed by atoms with Crippen molar-refractivity contribution >= 4 is 21.8 Å². The molecular formula is C14H18BrNO. The van der Waals surface area contributed by atoms with Crippen molar-refractivity contribution in [3.8, 4) is 0 Å². The first-order valence-corrected chi connectivity index (χ1v) is 7.04. The summed E-state index contributed by atoms with van der Waals surface area (Å²) in [5.41, 5.74) is 1.10. The van der Waals surface area contributed by atoms with Crippen molar-refractivity contribution in [1.29, 1.82) is 0 Å². The van der Waals surface area contributed by atoms with Gasteiger partial charge in [-0.25, -0.2) is 0 Å². The molecule has 1 aliphatic rings. The summed E-state index contributed by atoms with van der Waals surface area (Å²) >= 11 is 3.40. The maximum absolute atomic E-state index is 12.2. The Bertz CT molecular complexity index is 388. The molecule has 1 fully saturated rings. The SMILES string of the molecule is CCC1CCCN1C(=O)Cc1ccc(Br)cc1. The molecule has 1 saturated heterocycles. The lowest BCUT2D eigenvalue weighted by Gasteiger charge is -2.23. The van der Waals surface area contributed by atoms with E-state index >= 15 is 0 Å². The molecule has 1 heterocycles. The standard InChI is InChI=1S/C14H18BrNO/c1-2-13-4-3-9-16(13)14(17)10-11-5-7-12(15)8-6-11/h5-8,13H,2-4,9-10H2,1H3. The van der Waals surface area contributed by atoms with Gasteiger partial charge in [-0.2, -0.15) is 0 Å². The van der Waals surface area contributed by atoms with E-state index in [1.807, 2.05) is 24.3 Å². The van der Waals surface area contributed by atoms with Gasteiger partial charge in [0.1, 0.15) is 0 Å². The molecule has 2 nitrogen and oxygen atoms in total.